The van der Waals surface area contributed by atoms with Crippen molar-refractivity contribution in [3.63, 3.8) is 0 Å². The third-order valence-electron chi connectivity index (χ3n) is 4.62. The number of nitro groups is 1. The number of alkyl halides is 1. The van der Waals surface area contributed by atoms with Gasteiger partial charge < -0.3 is 19.9 Å². The standard InChI is InChI=1S/C19H24FN5O3/c1-2-23(10-9-20)16-5-3-15(4-6-16)21-19-17(25(26)27)7-8-18(22-19)24-11-13-28-14-12-24/h3-8H,2,9-14H2,1H3,(H,21,22). The number of halogens is 1. The van der Waals surface area contributed by atoms with Gasteiger partial charge in [0, 0.05) is 43.6 Å². The van der Waals surface area contributed by atoms with Crippen LogP contribution in [0.5, 0.6) is 0 Å². The first kappa shape index (κ1) is 19.8. The number of aromatic nitrogens is 1. The third kappa shape index (κ3) is 4.66. The molecule has 0 radical (unpaired) electrons. The highest BCUT2D eigenvalue weighted by atomic mass is 19.1. The van der Waals surface area contributed by atoms with E-state index in [1.54, 1.807) is 6.07 Å². The highest BCUT2D eigenvalue weighted by Crippen LogP contribution is 2.29. The predicted molar refractivity (Wildman–Crippen MR) is 108 cm³/mol. The summed E-state index contributed by atoms with van der Waals surface area (Å²) in [6.07, 6.45) is 0. The Kier molecular flexibility index (Phi) is 6.59. The van der Waals surface area contributed by atoms with E-state index in [4.69, 9.17) is 4.74 Å². The normalized spacial score (nSPS) is 14.0. The van der Waals surface area contributed by atoms with Gasteiger partial charge >= 0.3 is 5.69 Å². The summed E-state index contributed by atoms with van der Waals surface area (Å²) in [4.78, 5) is 19.4. The summed E-state index contributed by atoms with van der Waals surface area (Å²) < 4.78 is 18.0. The van der Waals surface area contributed by atoms with E-state index in [1.807, 2.05) is 41.0 Å². The Bertz CT molecular complexity index is 797. The fourth-order valence-corrected chi connectivity index (χ4v) is 3.11. The minimum atomic E-state index is -0.452. The molecule has 1 aromatic heterocycles. The van der Waals surface area contributed by atoms with Crippen molar-refractivity contribution in [2.45, 2.75) is 6.92 Å². The SMILES string of the molecule is CCN(CCF)c1ccc(Nc2nc(N3CCOCC3)ccc2[N+](=O)[O-])cc1. The van der Waals surface area contributed by atoms with Crippen molar-refractivity contribution < 1.29 is 14.1 Å². The molecule has 3 rings (SSSR count). The Morgan fingerprint density at radius 3 is 2.57 bits per heavy atom. The number of rotatable bonds is 8. The number of benzene rings is 1. The molecule has 150 valence electrons. The average molecular weight is 389 g/mol. The second kappa shape index (κ2) is 9.32. The van der Waals surface area contributed by atoms with Gasteiger partial charge in [0.2, 0.25) is 5.82 Å². The molecule has 1 aliphatic heterocycles. The summed E-state index contributed by atoms with van der Waals surface area (Å²) in [6, 6.07) is 10.5. The first-order valence-corrected chi connectivity index (χ1v) is 9.28. The van der Waals surface area contributed by atoms with Crippen molar-refractivity contribution in [1.29, 1.82) is 0 Å². The molecule has 2 aromatic rings. The summed E-state index contributed by atoms with van der Waals surface area (Å²) >= 11 is 0. The van der Waals surface area contributed by atoms with E-state index in [1.165, 1.54) is 6.07 Å². The second-order valence-electron chi connectivity index (χ2n) is 6.33. The summed E-state index contributed by atoms with van der Waals surface area (Å²) in [5.74, 6) is 0.867. The zero-order valence-corrected chi connectivity index (χ0v) is 15.8. The monoisotopic (exact) mass is 389 g/mol. The first-order chi connectivity index (χ1) is 13.6. The van der Waals surface area contributed by atoms with E-state index in [2.05, 4.69) is 10.3 Å². The van der Waals surface area contributed by atoms with E-state index in [0.717, 1.165) is 5.69 Å². The predicted octanol–water partition coefficient (Wildman–Crippen LogP) is 3.37. The molecule has 0 amide bonds. The number of hydrogen-bond acceptors (Lipinski definition) is 7. The van der Waals surface area contributed by atoms with Crippen LogP contribution in [0.1, 0.15) is 6.92 Å². The Morgan fingerprint density at radius 2 is 1.96 bits per heavy atom. The minimum Gasteiger partial charge on any atom is -0.378 e. The quantitative estimate of drug-likeness (QED) is 0.547. The number of morpholine rings is 1. The van der Waals surface area contributed by atoms with Gasteiger partial charge in [0.05, 0.1) is 18.1 Å². The van der Waals surface area contributed by atoms with Crippen LogP contribution in [0, 0.1) is 10.1 Å². The molecule has 9 heteroatoms. The van der Waals surface area contributed by atoms with Crippen molar-refractivity contribution in [2.24, 2.45) is 0 Å². The van der Waals surface area contributed by atoms with Crippen LogP contribution in [-0.2, 0) is 4.74 Å². The van der Waals surface area contributed by atoms with Gasteiger partial charge in [-0.1, -0.05) is 0 Å². The average Bonchev–Trinajstić information content (AvgIpc) is 2.73. The van der Waals surface area contributed by atoms with Crippen molar-refractivity contribution in [3.05, 3.63) is 46.5 Å². The van der Waals surface area contributed by atoms with Crippen LogP contribution in [0.4, 0.5) is 33.1 Å². The van der Waals surface area contributed by atoms with Gasteiger partial charge in [0.1, 0.15) is 12.5 Å². The first-order valence-electron chi connectivity index (χ1n) is 9.28. The van der Waals surface area contributed by atoms with Crippen molar-refractivity contribution in [2.75, 3.05) is 61.2 Å². The molecule has 0 saturated carbocycles. The Morgan fingerprint density at radius 1 is 1.25 bits per heavy atom. The van der Waals surface area contributed by atoms with E-state index < -0.39 is 11.6 Å². The molecule has 1 aromatic carbocycles. The highest BCUT2D eigenvalue weighted by molar-refractivity contribution is 5.69. The molecule has 28 heavy (non-hydrogen) atoms. The summed E-state index contributed by atoms with van der Waals surface area (Å²) in [5, 5.41) is 14.4. The summed E-state index contributed by atoms with van der Waals surface area (Å²) in [7, 11) is 0. The van der Waals surface area contributed by atoms with E-state index in [-0.39, 0.29) is 11.5 Å². The third-order valence-corrected chi connectivity index (χ3v) is 4.62. The maximum atomic E-state index is 12.7. The zero-order valence-electron chi connectivity index (χ0n) is 15.8. The maximum absolute atomic E-state index is 12.7. The second-order valence-corrected chi connectivity index (χ2v) is 6.33. The van der Waals surface area contributed by atoms with Gasteiger partial charge in [-0.05, 0) is 37.3 Å². The topological polar surface area (TPSA) is 83.8 Å². The fourth-order valence-electron chi connectivity index (χ4n) is 3.11. The molecule has 0 bridgehead atoms. The van der Waals surface area contributed by atoms with Gasteiger partial charge in [-0.2, -0.15) is 0 Å². The number of anilines is 4. The molecular weight excluding hydrogens is 365 g/mol. The lowest BCUT2D eigenvalue weighted by Gasteiger charge is -2.28. The fraction of sp³-hybridized carbons (Fsp3) is 0.421. The number of hydrogen-bond donors (Lipinski definition) is 1. The lowest BCUT2D eigenvalue weighted by molar-refractivity contribution is -0.384. The number of ether oxygens (including phenoxy) is 1. The van der Waals surface area contributed by atoms with Crippen LogP contribution in [0.3, 0.4) is 0 Å². The van der Waals surface area contributed by atoms with Gasteiger partial charge in [-0.15, -0.1) is 0 Å². The Labute approximate surface area is 163 Å². The van der Waals surface area contributed by atoms with Crippen LogP contribution in [0.25, 0.3) is 0 Å². The molecule has 0 atom stereocenters. The van der Waals surface area contributed by atoms with Crippen LogP contribution in [-0.4, -0.2) is 56.0 Å². The molecule has 0 unspecified atom stereocenters. The highest BCUT2D eigenvalue weighted by Gasteiger charge is 2.20. The molecule has 0 aliphatic carbocycles. The molecular formula is C19H24FN5O3. The van der Waals surface area contributed by atoms with Crippen LogP contribution in [0.15, 0.2) is 36.4 Å². The molecule has 8 nitrogen and oxygen atoms in total. The lowest BCUT2D eigenvalue weighted by Crippen LogP contribution is -2.36. The van der Waals surface area contributed by atoms with Crippen molar-refractivity contribution in [1.82, 2.24) is 4.98 Å². The molecule has 0 spiro atoms. The van der Waals surface area contributed by atoms with Gasteiger partial charge in [-0.3, -0.25) is 10.1 Å². The number of nitrogens with one attached hydrogen (secondary N) is 1. The molecule has 1 N–H and O–H groups in total. The van der Waals surface area contributed by atoms with E-state index in [0.29, 0.717) is 50.9 Å². The Balaban J connectivity index is 1.82. The van der Waals surface area contributed by atoms with Gasteiger partial charge in [0.15, 0.2) is 0 Å². The van der Waals surface area contributed by atoms with E-state index in [9.17, 15) is 14.5 Å². The van der Waals surface area contributed by atoms with E-state index >= 15 is 0 Å². The minimum absolute atomic E-state index is 0.0892. The largest absolute Gasteiger partial charge is 0.378 e. The molecule has 1 aliphatic rings. The van der Waals surface area contributed by atoms with Crippen LogP contribution < -0.4 is 15.1 Å². The van der Waals surface area contributed by atoms with Gasteiger partial charge in [0.25, 0.3) is 0 Å². The molecule has 2 heterocycles. The number of pyridine rings is 1. The van der Waals surface area contributed by atoms with Crippen LogP contribution >= 0.6 is 0 Å². The van der Waals surface area contributed by atoms with Crippen LogP contribution in [0.2, 0.25) is 0 Å². The Hall–Kier alpha value is -2.94. The smallest absolute Gasteiger partial charge is 0.311 e. The summed E-state index contributed by atoms with van der Waals surface area (Å²) in [5.41, 5.74) is 1.48. The number of nitrogens with zero attached hydrogens (tertiary/aromatic N) is 4. The molecule has 1 fully saturated rings. The van der Waals surface area contributed by atoms with Crippen molar-refractivity contribution >= 4 is 28.7 Å². The van der Waals surface area contributed by atoms with Gasteiger partial charge in [-0.25, -0.2) is 9.37 Å². The summed E-state index contributed by atoms with van der Waals surface area (Å²) in [6.45, 7) is 5.18. The maximum Gasteiger partial charge on any atom is 0.311 e. The molecule has 1 saturated heterocycles. The lowest BCUT2D eigenvalue weighted by atomic mass is 10.2. The van der Waals surface area contributed by atoms with Crippen molar-refractivity contribution in [3.8, 4) is 0 Å². The zero-order chi connectivity index (χ0) is 19.9.